The monoisotopic (exact) mass is 300 g/mol. The highest BCUT2D eigenvalue weighted by molar-refractivity contribution is 9.10. The number of carbonyl (C=O) groups excluding carboxylic acids is 1. The van der Waals surface area contributed by atoms with Crippen LogP contribution in [0, 0.1) is 0 Å². The van der Waals surface area contributed by atoms with Crippen molar-refractivity contribution in [3.8, 4) is 0 Å². The van der Waals surface area contributed by atoms with Gasteiger partial charge in [0.15, 0.2) is 0 Å². The van der Waals surface area contributed by atoms with E-state index in [0.717, 1.165) is 23.3 Å². The highest BCUT2D eigenvalue weighted by atomic mass is 79.9. The minimum Gasteiger partial charge on any atom is -0.361 e. The molecule has 0 aliphatic heterocycles. The predicted molar refractivity (Wildman–Crippen MR) is 70.9 cm³/mol. The quantitative estimate of drug-likeness (QED) is 0.785. The van der Waals surface area contributed by atoms with E-state index in [4.69, 9.17) is 0 Å². The number of amides is 1. The lowest BCUT2D eigenvalue weighted by atomic mass is 10.4. The fourth-order valence-electron chi connectivity index (χ4n) is 1.21. The Morgan fingerprint density at radius 3 is 2.82 bits per heavy atom. The van der Waals surface area contributed by atoms with Crippen molar-refractivity contribution < 1.29 is 4.79 Å². The van der Waals surface area contributed by atoms with Gasteiger partial charge in [-0.2, -0.15) is 0 Å². The Morgan fingerprint density at radius 2 is 2.18 bits per heavy atom. The van der Waals surface area contributed by atoms with Crippen LogP contribution in [0.3, 0.4) is 0 Å². The van der Waals surface area contributed by atoms with Crippen LogP contribution in [0.15, 0.2) is 10.7 Å². The summed E-state index contributed by atoms with van der Waals surface area (Å²) in [5, 5.41) is 5.76. The van der Waals surface area contributed by atoms with Crippen molar-refractivity contribution in [2.75, 3.05) is 18.4 Å². The van der Waals surface area contributed by atoms with Gasteiger partial charge in [-0.25, -0.2) is 9.97 Å². The summed E-state index contributed by atoms with van der Waals surface area (Å²) in [7, 11) is 0. The Balaban J connectivity index is 2.51. The first-order valence-electron chi connectivity index (χ1n) is 5.69. The maximum Gasteiger partial charge on any atom is 0.239 e. The molecule has 0 fully saturated rings. The third-order valence-corrected chi connectivity index (χ3v) is 2.47. The van der Waals surface area contributed by atoms with E-state index in [-0.39, 0.29) is 12.5 Å². The van der Waals surface area contributed by atoms with Crippen LogP contribution in [-0.4, -0.2) is 29.0 Å². The molecule has 1 heterocycles. The molecule has 0 spiro atoms. The van der Waals surface area contributed by atoms with Crippen molar-refractivity contribution in [2.45, 2.75) is 26.7 Å². The summed E-state index contributed by atoms with van der Waals surface area (Å²) in [5.74, 6) is 1.38. The van der Waals surface area contributed by atoms with Crippen molar-refractivity contribution in [1.82, 2.24) is 15.3 Å². The Bertz CT molecular complexity index is 384. The lowest BCUT2D eigenvalue weighted by Gasteiger charge is -2.07. The number of aryl methyl sites for hydroxylation is 1. The number of hydrogen-bond acceptors (Lipinski definition) is 4. The average Bonchev–Trinajstić information content (AvgIpc) is 2.33. The summed E-state index contributed by atoms with van der Waals surface area (Å²) in [6.07, 6.45) is 1.70. The van der Waals surface area contributed by atoms with E-state index in [0.29, 0.717) is 12.4 Å². The molecule has 0 saturated heterocycles. The molecule has 0 unspecified atom stereocenters. The molecule has 0 aliphatic carbocycles. The lowest BCUT2D eigenvalue weighted by molar-refractivity contribution is -0.119. The molecule has 0 bridgehead atoms. The van der Waals surface area contributed by atoms with E-state index in [2.05, 4.69) is 36.5 Å². The van der Waals surface area contributed by atoms with Gasteiger partial charge in [0.1, 0.15) is 16.2 Å². The van der Waals surface area contributed by atoms with Gasteiger partial charge in [0.05, 0.1) is 6.54 Å². The average molecular weight is 301 g/mol. The Labute approximate surface area is 110 Å². The Hall–Kier alpha value is -1.17. The third-order valence-electron chi connectivity index (χ3n) is 2.06. The molecule has 94 valence electrons. The maximum absolute atomic E-state index is 11.4. The van der Waals surface area contributed by atoms with Gasteiger partial charge >= 0.3 is 0 Å². The van der Waals surface area contributed by atoms with E-state index in [1.807, 2.05) is 13.8 Å². The van der Waals surface area contributed by atoms with Crippen LogP contribution in [0.25, 0.3) is 0 Å². The summed E-state index contributed by atoms with van der Waals surface area (Å²) < 4.78 is 0.723. The number of halogens is 1. The minimum absolute atomic E-state index is 0.0281. The lowest BCUT2D eigenvalue weighted by Crippen LogP contribution is -2.30. The first-order chi connectivity index (χ1) is 8.15. The van der Waals surface area contributed by atoms with Gasteiger partial charge in [0, 0.05) is 19.0 Å². The topological polar surface area (TPSA) is 66.9 Å². The molecule has 1 rings (SSSR count). The fourth-order valence-corrected chi connectivity index (χ4v) is 1.63. The molecular weight excluding hydrogens is 284 g/mol. The summed E-state index contributed by atoms with van der Waals surface area (Å²) in [4.78, 5) is 19.9. The highest BCUT2D eigenvalue weighted by Crippen LogP contribution is 2.12. The molecule has 1 aromatic rings. The second-order valence-electron chi connectivity index (χ2n) is 3.55. The van der Waals surface area contributed by atoms with Gasteiger partial charge in [-0.15, -0.1) is 0 Å². The molecule has 0 aliphatic rings. The van der Waals surface area contributed by atoms with Crippen molar-refractivity contribution in [2.24, 2.45) is 0 Å². The number of nitrogens with one attached hydrogen (secondary N) is 2. The summed E-state index contributed by atoms with van der Waals surface area (Å²) in [6.45, 7) is 4.93. The molecule has 1 amide bonds. The first-order valence-corrected chi connectivity index (χ1v) is 6.49. The van der Waals surface area contributed by atoms with Crippen LogP contribution in [0.4, 0.5) is 5.82 Å². The second-order valence-corrected chi connectivity index (χ2v) is 4.36. The first kappa shape index (κ1) is 13.9. The van der Waals surface area contributed by atoms with Crippen LogP contribution in [0.2, 0.25) is 0 Å². The van der Waals surface area contributed by atoms with Gasteiger partial charge in [-0.1, -0.05) is 13.8 Å². The molecule has 0 atom stereocenters. The number of nitrogens with zero attached hydrogens (tertiary/aromatic N) is 2. The molecular formula is C11H17BrN4O. The summed E-state index contributed by atoms with van der Waals surface area (Å²) in [5.41, 5.74) is 0. The van der Waals surface area contributed by atoms with E-state index in [9.17, 15) is 4.79 Å². The Kier molecular flexibility index (Phi) is 5.90. The van der Waals surface area contributed by atoms with Gasteiger partial charge in [-0.3, -0.25) is 4.79 Å². The van der Waals surface area contributed by atoms with Crippen LogP contribution in [0.1, 0.15) is 26.1 Å². The van der Waals surface area contributed by atoms with Crippen molar-refractivity contribution >= 4 is 27.7 Å². The second kappa shape index (κ2) is 7.21. The van der Waals surface area contributed by atoms with Crippen molar-refractivity contribution in [3.63, 3.8) is 0 Å². The maximum atomic E-state index is 11.4. The van der Waals surface area contributed by atoms with Crippen molar-refractivity contribution in [1.29, 1.82) is 0 Å². The number of anilines is 1. The SMILES string of the molecule is CCCNC(=O)CNc1cc(Br)nc(CC)n1. The molecule has 5 nitrogen and oxygen atoms in total. The number of carbonyl (C=O) groups is 1. The van der Waals surface area contributed by atoms with Gasteiger partial charge in [-0.05, 0) is 22.4 Å². The zero-order valence-corrected chi connectivity index (χ0v) is 11.7. The fraction of sp³-hybridized carbons (Fsp3) is 0.545. The van der Waals surface area contributed by atoms with Crippen LogP contribution in [0.5, 0.6) is 0 Å². The van der Waals surface area contributed by atoms with Gasteiger partial charge in [0.25, 0.3) is 0 Å². The Morgan fingerprint density at radius 1 is 1.41 bits per heavy atom. The number of aromatic nitrogens is 2. The molecule has 2 N–H and O–H groups in total. The van der Waals surface area contributed by atoms with Gasteiger partial charge in [0.2, 0.25) is 5.91 Å². The zero-order chi connectivity index (χ0) is 12.7. The zero-order valence-electron chi connectivity index (χ0n) is 10.1. The normalized spacial score (nSPS) is 10.1. The molecule has 1 aromatic heterocycles. The number of hydrogen-bond donors (Lipinski definition) is 2. The molecule has 6 heteroatoms. The van der Waals surface area contributed by atoms with Gasteiger partial charge < -0.3 is 10.6 Å². The number of rotatable bonds is 6. The minimum atomic E-state index is -0.0281. The molecule has 0 saturated carbocycles. The molecule has 0 aromatic carbocycles. The smallest absolute Gasteiger partial charge is 0.239 e. The summed E-state index contributed by atoms with van der Waals surface area (Å²) in [6, 6.07) is 1.76. The highest BCUT2D eigenvalue weighted by Gasteiger charge is 2.03. The van der Waals surface area contributed by atoms with Crippen LogP contribution < -0.4 is 10.6 Å². The largest absolute Gasteiger partial charge is 0.361 e. The molecule has 17 heavy (non-hydrogen) atoms. The van der Waals surface area contributed by atoms with E-state index in [1.54, 1.807) is 6.07 Å². The summed E-state index contributed by atoms with van der Waals surface area (Å²) >= 11 is 3.31. The van der Waals surface area contributed by atoms with Crippen LogP contribution >= 0.6 is 15.9 Å². The third kappa shape index (κ3) is 5.12. The van der Waals surface area contributed by atoms with E-state index >= 15 is 0 Å². The van der Waals surface area contributed by atoms with E-state index in [1.165, 1.54) is 0 Å². The molecule has 0 radical (unpaired) electrons. The predicted octanol–water partition coefficient (Wildman–Crippen LogP) is 1.74. The van der Waals surface area contributed by atoms with E-state index < -0.39 is 0 Å². The van der Waals surface area contributed by atoms with Crippen molar-refractivity contribution in [3.05, 3.63) is 16.5 Å². The standard InChI is InChI=1S/C11H17BrN4O/c1-3-5-13-11(17)7-14-10-6-8(12)15-9(4-2)16-10/h6H,3-5,7H2,1-2H3,(H,13,17)(H,14,15,16). The van der Waals surface area contributed by atoms with Crippen LogP contribution in [-0.2, 0) is 11.2 Å².